The standard InChI is InChI=1S/C17H30N2O/c1-14(13-20-6)19(5)12-16-9-7-15(8-10-16)11-18-17(2,3)4/h7-10,14,18H,11-13H2,1-6H3. The van der Waals surface area contributed by atoms with E-state index >= 15 is 0 Å². The van der Waals surface area contributed by atoms with E-state index in [2.05, 4.69) is 69.2 Å². The highest BCUT2D eigenvalue weighted by Gasteiger charge is 2.10. The molecule has 0 aliphatic heterocycles. The molecule has 0 aliphatic rings. The molecule has 114 valence electrons. The van der Waals surface area contributed by atoms with Crippen molar-refractivity contribution < 1.29 is 4.74 Å². The lowest BCUT2D eigenvalue weighted by atomic mass is 10.1. The van der Waals surface area contributed by atoms with Gasteiger partial charge in [0.25, 0.3) is 0 Å². The zero-order chi connectivity index (χ0) is 15.2. The molecule has 1 aromatic rings. The monoisotopic (exact) mass is 278 g/mol. The van der Waals surface area contributed by atoms with E-state index in [0.717, 1.165) is 19.7 Å². The molecule has 0 radical (unpaired) electrons. The minimum absolute atomic E-state index is 0.161. The van der Waals surface area contributed by atoms with Gasteiger partial charge in [0.05, 0.1) is 6.61 Å². The van der Waals surface area contributed by atoms with Crippen LogP contribution in [-0.4, -0.2) is 37.2 Å². The van der Waals surface area contributed by atoms with Crippen molar-refractivity contribution in [2.45, 2.75) is 52.4 Å². The van der Waals surface area contributed by atoms with Crippen molar-refractivity contribution in [2.24, 2.45) is 0 Å². The maximum absolute atomic E-state index is 5.20. The van der Waals surface area contributed by atoms with E-state index in [1.165, 1.54) is 11.1 Å². The van der Waals surface area contributed by atoms with Gasteiger partial charge in [-0.05, 0) is 45.9 Å². The average Bonchev–Trinajstić information content (AvgIpc) is 2.37. The fourth-order valence-electron chi connectivity index (χ4n) is 1.94. The van der Waals surface area contributed by atoms with Crippen molar-refractivity contribution in [3.05, 3.63) is 35.4 Å². The van der Waals surface area contributed by atoms with E-state index < -0.39 is 0 Å². The summed E-state index contributed by atoms with van der Waals surface area (Å²) in [5.41, 5.74) is 2.83. The SMILES string of the molecule is COCC(C)N(C)Cc1ccc(CNC(C)(C)C)cc1. The summed E-state index contributed by atoms with van der Waals surface area (Å²) in [6.07, 6.45) is 0. The van der Waals surface area contributed by atoms with Crippen LogP contribution in [0, 0.1) is 0 Å². The molecule has 1 aromatic carbocycles. The number of hydrogen-bond acceptors (Lipinski definition) is 3. The van der Waals surface area contributed by atoms with Gasteiger partial charge in [0.2, 0.25) is 0 Å². The van der Waals surface area contributed by atoms with Gasteiger partial charge in [-0.2, -0.15) is 0 Å². The molecule has 0 fully saturated rings. The van der Waals surface area contributed by atoms with Gasteiger partial charge in [-0.15, -0.1) is 0 Å². The topological polar surface area (TPSA) is 24.5 Å². The minimum Gasteiger partial charge on any atom is -0.383 e. The molecule has 0 bridgehead atoms. The summed E-state index contributed by atoms with van der Waals surface area (Å²) >= 11 is 0. The predicted octanol–water partition coefficient (Wildman–Crippen LogP) is 3.04. The third-order valence-corrected chi connectivity index (χ3v) is 3.44. The molecule has 0 aromatic heterocycles. The molecule has 0 saturated carbocycles. The van der Waals surface area contributed by atoms with Crippen LogP contribution in [-0.2, 0) is 17.8 Å². The van der Waals surface area contributed by atoms with Crippen LogP contribution in [0.25, 0.3) is 0 Å². The Morgan fingerprint density at radius 1 is 1.15 bits per heavy atom. The molecule has 3 heteroatoms. The summed E-state index contributed by atoms with van der Waals surface area (Å²) in [4.78, 5) is 2.31. The lowest BCUT2D eigenvalue weighted by Gasteiger charge is -2.24. The van der Waals surface area contributed by atoms with Crippen LogP contribution in [0.1, 0.15) is 38.8 Å². The van der Waals surface area contributed by atoms with Gasteiger partial charge in [0.1, 0.15) is 0 Å². The van der Waals surface area contributed by atoms with Gasteiger partial charge >= 0.3 is 0 Å². The normalized spacial score (nSPS) is 13.8. The largest absolute Gasteiger partial charge is 0.383 e. The summed E-state index contributed by atoms with van der Waals surface area (Å²) in [6, 6.07) is 9.29. The predicted molar refractivity (Wildman–Crippen MR) is 85.8 cm³/mol. The van der Waals surface area contributed by atoms with Gasteiger partial charge in [-0.3, -0.25) is 4.90 Å². The fraction of sp³-hybridized carbons (Fsp3) is 0.647. The molecule has 0 spiro atoms. The number of nitrogens with one attached hydrogen (secondary N) is 1. The molecule has 3 nitrogen and oxygen atoms in total. The van der Waals surface area contributed by atoms with Crippen LogP contribution < -0.4 is 5.32 Å². The number of ether oxygens (including phenoxy) is 1. The molecular formula is C17H30N2O. The van der Waals surface area contributed by atoms with Crippen molar-refractivity contribution in [3.8, 4) is 0 Å². The van der Waals surface area contributed by atoms with Crippen LogP contribution in [0.15, 0.2) is 24.3 Å². The Morgan fingerprint density at radius 2 is 1.70 bits per heavy atom. The first-order valence-corrected chi connectivity index (χ1v) is 7.34. The second-order valence-electron chi connectivity index (χ2n) is 6.64. The van der Waals surface area contributed by atoms with E-state index in [1.54, 1.807) is 7.11 Å². The summed E-state index contributed by atoms with van der Waals surface area (Å²) in [7, 11) is 3.89. The zero-order valence-electron chi connectivity index (χ0n) is 13.9. The lowest BCUT2D eigenvalue weighted by molar-refractivity contribution is 0.112. The molecule has 1 N–H and O–H groups in total. The molecule has 20 heavy (non-hydrogen) atoms. The van der Waals surface area contributed by atoms with Gasteiger partial charge in [0, 0.05) is 31.8 Å². The Kier molecular flexibility index (Phi) is 6.66. The summed E-state index contributed by atoms with van der Waals surface area (Å²) < 4.78 is 5.20. The number of likely N-dealkylation sites (N-methyl/N-ethyl adjacent to an activating group) is 1. The Morgan fingerprint density at radius 3 is 2.20 bits per heavy atom. The van der Waals surface area contributed by atoms with Gasteiger partial charge in [-0.25, -0.2) is 0 Å². The summed E-state index contributed by atoms with van der Waals surface area (Å²) in [6.45, 7) is 11.4. The maximum Gasteiger partial charge on any atom is 0.0615 e. The van der Waals surface area contributed by atoms with Gasteiger partial charge in [0.15, 0.2) is 0 Å². The first-order chi connectivity index (χ1) is 9.31. The lowest BCUT2D eigenvalue weighted by Crippen LogP contribution is -2.35. The fourth-order valence-corrected chi connectivity index (χ4v) is 1.94. The smallest absolute Gasteiger partial charge is 0.0615 e. The summed E-state index contributed by atoms with van der Waals surface area (Å²) in [5, 5.41) is 3.51. The van der Waals surface area contributed by atoms with E-state index in [4.69, 9.17) is 4.74 Å². The Balaban J connectivity index is 2.50. The molecule has 0 heterocycles. The van der Waals surface area contributed by atoms with Crippen molar-refractivity contribution in [1.29, 1.82) is 0 Å². The Labute approximate surface area is 124 Å². The Bertz CT molecular complexity index is 381. The van der Waals surface area contributed by atoms with Gasteiger partial charge in [-0.1, -0.05) is 24.3 Å². The van der Waals surface area contributed by atoms with Crippen molar-refractivity contribution in [2.75, 3.05) is 20.8 Å². The molecule has 0 amide bonds. The average molecular weight is 278 g/mol. The number of benzene rings is 1. The zero-order valence-corrected chi connectivity index (χ0v) is 13.9. The van der Waals surface area contributed by atoms with Crippen molar-refractivity contribution in [1.82, 2.24) is 10.2 Å². The number of hydrogen-bond donors (Lipinski definition) is 1. The second-order valence-corrected chi connectivity index (χ2v) is 6.64. The van der Waals surface area contributed by atoms with Crippen LogP contribution in [0.5, 0.6) is 0 Å². The van der Waals surface area contributed by atoms with Crippen LogP contribution in [0.3, 0.4) is 0 Å². The third-order valence-electron chi connectivity index (χ3n) is 3.44. The molecule has 0 aliphatic carbocycles. The number of rotatable bonds is 7. The van der Waals surface area contributed by atoms with E-state index in [-0.39, 0.29) is 5.54 Å². The molecule has 1 rings (SSSR count). The minimum atomic E-state index is 0.161. The van der Waals surface area contributed by atoms with E-state index in [1.807, 2.05) is 0 Å². The highest BCUT2D eigenvalue weighted by molar-refractivity contribution is 5.22. The maximum atomic E-state index is 5.20. The molecule has 0 saturated heterocycles. The highest BCUT2D eigenvalue weighted by Crippen LogP contribution is 2.10. The molecule has 1 unspecified atom stereocenters. The highest BCUT2D eigenvalue weighted by atomic mass is 16.5. The van der Waals surface area contributed by atoms with Crippen LogP contribution >= 0.6 is 0 Å². The number of nitrogens with zero attached hydrogens (tertiary/aromatic N) is 1. The van der Waals surface area contributed by atoms with E-state index in [0.29, 0.717) is 6.04 Å². The first kappa shape index (κ1) is 17.2. The second kappa shape index (κ2) is 7.77. The quantitative estimate of drug-likeness (QED) is 0.829. The number of methoxy groups -OCH3 is 1. The van der Waals surface area contributed by atoms with Crippen LogP contribution in [0.4, 0.5) is 0 Å². The summed E-state index contributed by atoms with van der Waals surface area (Å²) in [5.74, 6) is 0. The van der Waals surface area contributed by atoms with Crippen LogP contribution in [0.2, 0.25) is 0 Å². The third kappa shape index (κ3) is 6.51. The molecular weight excluding hydrogens is 248 g/mol. The Hall–Kier alpha value is -0.900. The molecule has 1 atom stereocenters. The van der Waals surface area contributed by atoms with Crippen molar-refractivity contribution >= 4 is 0 Å². The van der Waals surface area contributed by atoms with Gasteiger partial charge < -0.3 is 10.1 Å². The van der Waals surface area contributed by atoms with Crippen molar-refractivity contribution in [3.63, 3.8) is 0 Å². The van der Waals surface area contributed by atoms with E-state index in [9.17, 15) is 0 Å². The first-order valence-electron chi connectivity index (χ1n) is 7.34.